The van der Waals surface area contributed by atoms with Gasteiger partial charge < -0.3 is 15.7 Å². The second-order valence-electron chi connectivity index (χ2n) is 7.49. The summed E-state index contributed by atoms with van der Waals surface area (Å²) in [5.74, 6) is -0.642. The minimum Gasteiger partial charge on any atom is -0.478 e. The van der Waals surface area contributed by atoms with Crippen LogP contribution in [0.4, 0.5) is 0 Å². The number of pyridine rings is 1. The van der Waals surface area contributed by atoms with E-state index < -0.39 is 12.0 Å². The summed E-state index contributed by atoms with van der Waals surface area (Å²) < 4.78 is 0. The summed E-state index contributed by atoms with van der Waals surface area (Å²) in [6.07, 6.45) is 5.55. The molecule has 0 aliphatic carbocycles. The van der Waals surface area contributed by atoms with Crippen molar-refractivity contribution in [3.05, 3.63) is 65.5 Å². The molecule has 2 unspecified atom stereocenters. The van der Waals surface area contributed by atoms with E-state index in [0.29, 0.717) is 12.5 Å². The van der Waals surface area contributed by atoms with Crippen LogP contribution in [0.25, 0.3) is 0 Å². The Hall–Kier alpha value is -2.77. The molecule has 1 aliphatic heterocycles. The maximum Gasteiger partial charge on any atom is 0.335 e. The lowest BCUT2D eigenvalue weighted by Crippen LogP contribution is -2.46. The molecule has 1 amide bonds. The van der Waals surface area contributed by atoms with Crippen molar-refractivity contribution >= 4 is 11.9 Å². The highest BCUT2D eigenvalue weighted by Gasteiger charge is 2.26. The molecule has 1 aromatic carbocycles. The van der Waals surface area contributed by atoms with Gasteiger partial charge in [-0.15, -0.1) is 0 Å². The van der Waals surface area contributed by atoms with Gasteiger partial charge in [-0.3, -0.25) is 15.1 Å². The van der Waals surface area contributed by atoms with Gasteiger partial charge in [0.2, 0.25) is 5.91 Å². The summed E-state index contributed by atoms with van der Waals surface area (Å²) in [6.45, 7) is 4.49. The number of benzene rings is 1. The number of rotatable bonds is 8. The van der Waals surface area contributed by atoms with Crippen LogP contribution in [0.3, 0.4) is 0 Å². The van der Waals surface area contributed by atoms with Crippen LogP contribution in [-0.2, 0) is 11.3 Å². The number of piperidine rings is 1. The van der Waals surface area contributed by atoms with Crippen molar-refractivity contribution in [2.75, 3.05) is 13.1 Å². The third kappa shape index (κ3) is 5.85. The Morgan fingerprint density at radius 2 is 1.93 bits per heavy atom. The van der Waals surface area contributed by atoms with E-state index in [0.717, 1.165) is 37.1 Å². The second kappa shape index (κ2) is 10.1. The molecule has 1 saturated heterocycles. The van der Waals surface area contributed by atoms with Crippen molar-refractivity contribution < 1.29 is 14.7 Å². The van der Waals surface area contributed by atoms with Crippen LogP contribution in [0.5, 0.6) is 0 Å². The third-order valence-electron chi connectivity index (χ3n) is 5.45. The number of nitrogens with one attached hydrogen (secondary N) is 3. The standard InChI is InChI=1S/C22H28N4O3/c1-15(17-8-11-23-12-9-17)26-21(27)20(25-14-16-3-2-10-24-13-16)18-4-6-19(7-5-18)22(28)29/h2-7,10,13,15,17,20,23,25H,8-9,11-12,14H2,1H3,(H,26,27)(H,28,29). The predicted octanol–water partition coefficient (Wildman–Crippen LogP) is 2.11. The molecular weight excluding hydrogens is 368 g/mol. The van der Waals surface area contributed by atoms with Gasteiger partial charge in [0.1, 0.15) is 6.04 Å². The number of nitrogens with zero attached hydrogens (tertiary/aromatic N) is 1. The van der Waals surface area contributed by atoms with Gasteiger partial charge in [-0.05, 0) is 68.1 Å². The van der Waals surface area contributed by atoms with Crippen LogP contribution in [0, 0.1) is 5.92 Å². The smallest absolute Gasteiger partial charge is 0.335 e. The zero-order chi connectivity index (χ0) is 20.6. The van der Waals surface area contributed by atoms with E-state index in [4.69, 9.17) is 5.11 Å². The van der Waals surface area contributed by atoms with Gasteiger partial charge >= 0.3 is 5.97 Å². The van der Waals surface area contributed by atoms with E-state index in [1.54, 1.807) is 24.5 Å². The highest BCUT2D eigenvalue weighted by Crippen LogP contribution is 2.19. The molecule has 0 saturated carbocycles. The topological polar surface area (TPSA) is 103 Å². The first-order valence-electron chi connectivity index (χ1n) is 10.0. The molecular formula is C22H28N4O3. The average Bonchev–Trinajstić information content (AvgIpc) is 2.75. The molecule has 0 spiro atoms. The van der Waals surface area contributed by atoms with Gasteiger partial charge in [-0.2, -0.15) is 0 Å². The fraction of sp³-hybridized carbons (Fsp3) is 0.409. The lowest BCUT2D eigenvalue weighted by molar-refractivity contribution is -0.124. The van der Waals surface area contributed by atoms with E-state index in [1.165, 1.54) is 12.1 Å². The van der Waals surface area contributed by atoms with E-state index >= 15 is 0 Å². The molecule has 3 rings (SSSR count). The fourth-order valence-electron chi connectivity index (χ4n) is 3.67. The van der Waals surface area contributed by atoms with Gasteiger partial charge in [-0.25, -0.2) is 4.79 Å². The molecule has 7 heteroatoms. The minimum absolute atomic E-state index is 0.0746. The van der Waals surface area contributed by atoms with Gasteiger partial charge in [0.25, 0.3) is 0 Å². The molecule has 2 atom stereocenters. The Morgan fingerprint density at radius 1 is 1.21 bits per heavy atom. The van der Waals surface area contributed by atoms with Crippen LogP contribution in [-0.4, -0.2) is 41.1 Å². The number of amides is 1. The molecule has 1 fully saturated rings. The van der Waals surface area contributed by atoms with Crippen molar-refractivity contribution in [2.24, 2.45) is 5.92 Å². The predicted molar refractivity (Wildman–Crippen MR) is 110 cm³/mol. The highest BCUT2D eigenvalue weighted by atomic mass is 16.4. The molecule has 29 heavy (non-hydrogen) atoms. The van der Waals surface area contributed by atoms with Gasteiger partial charge in [-0.1, -0.05) is 18.2 Å². The van der Waals surface area contributed by atoms with Crippen molar-refractivity contribution in [1.82, 2.24) is 20.9 Å². The van der Waals surface area contributed by atoms with Crippen molar-refractivity contribution in [3.63, 3.8) is 0 Å². The van der Waals surface area contributed by atoms with Gasteiger partial charge in [0.05, 0.1) is 5.56 Å². The van der Waals surface area contributed by atoms with Crippen molar-refractivity contribution in [3.8, 4) is 0 Å². The van der Waals surface area contributed by atoms with Crippen molar-refractivity contribution in [2.45, 2.75) is 38.4 Å². The zero-order valence-electron chi connectivity index (χ0n) is 16.6. The Labute approximate surface area is 170 Å². The molecule has 154 valence electrons. The Balaban J connectivity index is 1.73. The molecule has 7 nitrogen and oxygen atoms in total. The van der Waals surface area contributed by atoms with Crippen LogP contribution in [0.15, 0.2) is 48.8 Å². The van der Waals surface area contributed by atoms with Crippen LogP contribution < -0.4 is 16.0 Å². The highest BCUT2D eigenvalue weighted by molar-refractivity contribution is 5.88. The lowest BCUT2D eigenvalue weighted by atomic mass is 9.91. The number of hydrogen-bond donors (Lipinski definition) is 4. The number of carbonyl (C=O) groups is 2. The third-order valence-corrected chi connectivity index (χ3v) is 5.45. The van der Waals surface area contributed by atoms with Crippen molar-refractivity contribution in [1.29, 1.82) is 0 Å². The first kappa shape index (κ1) is 21.0. The summed E-state index contributed by atoms with van der Waals surface area (Å²) in [4.78, 5) is 28.4. The quantitative estimate of drug-likeness (QED) is 0.545. The first-order chi connectivity index (χ1) is 14.0. The summed E-state index contributed by atoms with van der Waals surface area (Å²) in [6, 6.07) is 9.73. The van der Waals surface area contributed by atoms with Crippen LogP contribution >= 0.6 is 0 Å². The number of carboxylic acids is 1. The summed E-state index contributed by atoms with van der Waals surface area (Å²) in [5.41, 5.74) is 1.90. The SMILES string of the molecule is CC(NC(=O)C(NCc1cccnc1)c1ccc(C(=O)O)cc1)C1CCNCC1. The fourth-order valence-corrected chi connectivity index (χ4v) is 3.67. The number of hydrogen-bond acceptors (Lipinski definition) is 5. The van der Waals surface area contributed by atoms with E-state index in [2.05, 4.69) is 27.9 Å². The summed E-state index contributed by atoms with van der Waals surface area (Å²) >= 11 is 0. The average molecular weight is 396 g/mol. The maximum absolute atomic E-state index is 13.1. The number of carbonyl (C=O) groups excluding carboxylic acids is 1. The number of aromatic nitrogens is 1. The van der Waals surface area contributed by atoms with E-state index in [9.17, 15) is 9.59 Å². The molecule has 2 aromatic rings. The maximum atomic E-state index is 13.1. The Kier molecular flexibility index (Phi) is 7.32. The Bertz CT molecular complexity index is 805. The normalized spacial score (nSPS) is 16.7. The monoisotopic (exact) mass is 396 g/mol. The Morgan fingerprint density at radius 3 is 2.55 bits per heavy atom. The van der Waals surface area contributed by atoms with E-state index in [-0.39, 0.29) is 17.5 Å². The first-order valence-corrected chi connectivity index (χ1v) is 10.0. The number of carboxylic acid groups (broad SMARTS) is 1. The van der Waals surface area contributed by atoms with Crippen LogP contribution in [0.2, 0.25) is 0 Å². The summed E-state index contributed by atoms with van der Waals surface area (Å²) in [7, 11) is 0. The van der Waals surface area contributed by atoms with Crippen LogP contribution in [0.1, 0.15) is 47.3 Å². The zero-order valence-corrected chi connectivity index (χ0v) is 16.6. The lowest BCUT2D eigenvalue weighted by Gasteiger charge is -2.30. The van der Waals surface area contributed by atoms with Gasteiger partial charge in [0.15, 0.2) is 0 Å². The largest absolute Gasteiger partial charge is 0.478 e. The summed E-state index contributed by atoms with van der Waals surface area (Å²) in [5, 5.41) is 18.9. The van der Waals surface area contributed by atoms with E-state index in [1.807, 2.05) is 12.1 Å². The number of aromatic carboxylic acids is 1. The molecule has 0 bridgehead atoms. The molecule has 0 radical (unpaired) electrons. The van der Waals surface area contributed by atoms with Gasteiger partial charge in [0, 0.05) is 25.0 Å². The molecule has 2 heterocycles. The molecule has 1 aromatic heterocycles. The second-order valence-corrected chi connectivity index (χ2v) is 7.49. The molecule has 4 N–H and O–H groups in total. The molecule has 1 aliphatic rings. The minimum atomic E-state index is -0.986.